The fraction of sp³-hybridized carbons (Fsp3) is 0. The second-order valence-electron chi connectivity index (χ2n) is 6.42. The van der Waals surface area contributed by atoms with E-state index in [-0.39, 0.29) is 0 Å². The van der Waals surface area contributed by atoms with Crippen LogP contribution < -0.4 is 14.8 Å². The molecule has 4 aromatic rings. The number of benzene rings is 4. The predicted molar refractivity (Wildman–Crippen MR) is 117 cm³/mol. The molecule has 0 aliphatic carbocycles. The first kappa shape index (κ1) is 17.1. The van der Waals surface area contributed by atoms with E-state index in [1.54, 1.807) is 0 Å². The molecule has 132 valence electrons. The second-order valence-corrected chi connectivity index (χ2v) is 7.57. The molecule has 0 aliphatic rings. The number of hydrogen-bond acceptors (Lipinski definition) is 2. The highest BCUT2D eigenvalue weighted by molar-refractivity contribution is 6.32. The molecule has 0 saturated carbocycles. The molecule has 0 N–H and O–H groups in total. The molecule has 0 saturated heterocycles. The first-order valence-electron chi connectivity index (χ1n) is 9.04. The third-order valence-corrected chi connectivity index (χ3v) is 5.05. The van der Waals surface area contributed by atoms with E-state index < -0.39 is 0 Å². The van der Waals surface area contributed by atoms with Gasteiger partial charge in [0.25, 0.3) is 0 Å². The van der Waals surface area contributed by atoms with Crippen molar-refractivity contribution in [2.45, 2.75) is 0 Å². The Balaban J connectivity index is 1.64. The van der Waals surface area contributed by atoms with Crippen molar-refractivity contribution in [3.8, 4) is 11.5 Å². The van der Waals surface area contributed by atoms with Gasteiger partial charge in [-0.1, -0.05) is 53.7 Å². The van der Waals surface area contributed by atoms with E-state index in [1.807, 2.05) is 36.4 Å². The van der Waals surface area contributed by atoms with Crippen molar-refractivity contribution in [1.29, 1.82) is 0 Å². The van der Waals surface area contributed by atoms with Gasteiger partial charge in [0.05, 0.1) is 0 Å². The van der Waals surface area contributed by atoms with Gasteiger partial charge in [-0.05, 0) is 60.7 Å². The quantitative estimate of drug-likeness (QED) is 0.463. The van der Waals surface area contributed by atoms with Crippen LogP contribution in [0.25, 0.3) is 0 Å². The van der Waals surface area contributed by atoms with Crippen LogP contribution in [-0.4, -0.2) is 10.2 Å². The number of hydrogen-bond donors (Lipinski definition) is 0. The SMILES string of the molecule is [SiH3]c1ccc(Oc2ccc(N(c3ccccc3)c3ccccc3)cc2)cc1. The van der Waals surface area contributed by atoms with Gasteiger partial charge in [-0.3, -0.25) is 0 Å². The van der Waals surface area contributed by atoms with Crippen LogP contribution in [0.4, 0.5) is 17.1 Å². The Morgan fingerprint density at radius 3 is 1.37 bits per heavy atom. The third-order valence-electron chi connectivity index (χ3n) is 4.38. The number of rotatable bonds is 5. The zero-order chi connectivity index (χ0) is 18.5. The molecule has 4 rings (SSSR count). The van der Waals surface area contributed by atoms with Gasteiger partial charge in [0.15, 0.2) is 0 Å². The van der Waals surface area contributed by atoms with Crippen LogP contribution in [0.15, 0.2) is 109 Å². The van der Waals surface area contributed by atoms with Gasteiger partial charge in [-0.25, -0.2) is 0 Å². The van der Waals surface area contributed by atoms with E-state index in [0.29, 0.717) is 0 Å². The Morgan fingerprint density at radius 1 is 0.481 bits per heavy atom. The van der Waals surface area contributed by atoms with Gasteiger partial charge in [0, 0.05) is 27.3 Å². The summed E-state index contributed by atoms with van der Waals surface area (Å²) in [6.45, 7) is 0. The van der Waals surface area contributed by atoms with E-state index in [1.165, 1.54) is 5.19 Å². The van der Waals surface area contributed by atoms with Gasteiger partial charge >= 0.3 is 0 Å². The monoisotopic (exact) mass is 367 g/mol. The fourth-order valence-electron chi connectivity index (χ4n) is 3.01. The maximum atomic E-state index is 5.98. The minimum Gasteiger partial charge on any atom is -0.457 e. The Hall–Kier alpha value is -3.30. The Bertz CT molecular complexity index is 944. The van der Waals surface area contributed by atoms with Crippen LogP contribution in [0.5, 0.6) is 11.5 Å². The van der Waals surface area contributed by atoms with Crippen molar-refractivity contribution in [2.24, 2.45) is 0 Å². The van der Waals surface area contributed by atoms with Crippen LogP contribution in [0.2, 0.25) is 0 Å². The standard InChI is InChI=1S/C24H21NOSi/c27-24-17-15-23(16-18-24)26-22-13-11-21(12-14-22)25(19-7-3-1-4-8-19)20-9-5-2-6-10-20/h1-18H,27H3. The minimum atomic E-state index is 0.834. The number of ether oxygens (including phenoxy) is 1. The molecular formula is C24H21NOSi. The van der Waals surface area contributed by atoms with Gasteiger partial charge in [-0.15, -0.1) is 0 Å². The highest BCUT2D eigenvalue weighted by atomic mass is 28.1. The molecule has 3 heteroatoms. The molecule has 0 bridgehead atoms. The molecule has 0 unspecified atom stereocenters. The summed E-state index contributed by atoms with van der Waals surface area (Å²) in [5.74, 6) is 1.70. The van der Waals surface area contributed by atoms with E-state index in [4.69, 9.17) is 4.74 Å². The van der Waals surface area contributed by atoms with Gasteiger partial charge in [-0.2, -0.15) is 0 Å². The van der Waals surface area contributed by atoms with E-state index in [2.05, 4.69) is 77.7 Å². The van der Waals surface area contributed by atoms with Gasteiger partial charge in [0.2, 0.25) is 0 Å². The van der Waals surface area contributed by atoms with Crippen molar-refractivity contribution in [3.05, 3.63) is 109 Å². The summed E-state index contributed by atoms with van der Waals surface area (Å²) in [5.41, 5.74) is 3.34. The molecule has 4 aromatic carbocycles. The van der Waals surface area contributed by atoms with Gasteiger partial charge in [0.1, 0.15) is 11.5 Å². The van der Waals surface area contributed by atoms with Crippen molar-refractivity contribution in [3.63, 3.8) is 0 Å². The maximum absolute atomic E-state index is 5.98. The molecule has 27 heavy (non-hydrogen) atoms. The Morgan fingerprint density at radius 2 is 0.889 bits per heavy atom. The van der Waals surface area contributed by atoms with E-state index in [0.717, 1.165) is 38.8 Å². The topological polar surface area (TPSA) is 12.5 Å². The maximum Gasteiger partial charge on any atom is 0.127 e. The van der Waals surface area contributed by atoms with Gasteiger partial charge < -0.3 is 9.64 Å². The first-order valence-corrected chi connectivity index (χ1v) is 10.0. The van der Waals surface area contributed by atoms with E-state index >= 15 is 0 Å². The Kier molecular flexibility index (Phi) is 5.03. The number of nitrogens with zero attached hydrogens (tertiary/aromatic N) is 1. The van der Waals surface area contributed by atoms with Crippen molar-refractivity contribution in [1.82, 2.24) is 0 Å². The first-order chi connectivity index (χ1) is 13.3. The third kappa shape index (κ3) is 4.10. The van der Waals surface area contributed by atoms with Crippen LogP contribution in [0.1, 0.15) is 0 Å². The lowest BCUT2D eigenvalue weighted by Crippen LogP contribution is -2.09. The van der Waals surface area contributed by atoms with Crippen molar-refractivity contribution >= 4 is 32.5 Å². The summed E-state index contributed by atoms with van der Waals surface area (Å²) in [5, 5.41) is 1.36. The fourth-order valence-corrected chi connectivity index (χ4v) is 3.34. The zero-order valence-electron chi connectivity index (χ0n) is 15.2. The largest absolute Gasteiger partial charge is 0.457 e. The number of para-hydroxylation sites is 2. The lowest BCUT2D eigenvalue weighted by molar-refractivity contribution is 0.483. The van der Waals surface area contributed by atoms with Crippen LogP contribution in [0, 0.1) is 0 Å². The van der Waals surface area contributed by atoms with Crippen LogP contribution >= 0.6 is 0 Å². The zero-order valence-corrected chi connectivity index (χ0v) is 17.2. The molecule has 0 fully saturated rings. The van der Waals surface area contributed by atoms with E-state index in [9.17, 15) is 0 Å². The summed E-state index contributed by atoms with van der Waals surface area (Å²) >= 11 is 0. The molecule has 0 heterocycles. The molecule has 0 spiro atoms. The smallest absolute Gasteiger partial charge is 0.127 e. The average molecular weight is 368 g/mol. The summed E-state index contributed by atoms with van der Waals surface area (Å²) in [6.07, 6.45) is 0. The molecule has 0 aliphatic heterocycles. The summed E-state index contributed by atoms with van der Waals surface area (Å²) in [7, 11) is 1.06. The molecule has 2 nitrogen and oxygen atoms in total. The second kappa shape index (κ2) is 7.93. The lowest BCUT2D eigenvalue weighted by Gasteiger charge is -2.25. The summed E-state index contributed by atoms with van der Waals surface area (Å²) in [6, 6.07) is 37.3. The molecule has 0 radical (unpaired) electrons. The van der Waals surface area contributed by atoms with Crippen LogP contribution in [0.3, 0.4) is 0 Å². The highest BCUT2D eigenvalue weighted by Crippen LogP contribution is 2.35. The molecule has 0 aromatic heterocycles. The summed E-state index contributed by atoms with van der Waals surface area (Å²) < 4.78 is 5.98. The molecule has 0 atom stereocenters. The molecular weight excluding hydrogens is 346 g/mol. The Labute approximate surface area is 163 Å². The normalized spacial score (nSPS) is 10.5. The van der Waals surface area contributed by atoms with Crippen LogP contribution in [-0.2, 0) is 0 Å². The predicted octanol–water partition coefficient (Wildman–Crippen LogP) is 4.94. The molecule has 0 amide bonds. The number of anilines is 3. The van der Waals surface area contributed by atoms with Crippen molar-refractivity contribution < 1.29 is 4.74 Å². The average Bonchev–Trinajstić information content (AvgIpc) is 2.73. The highest BCUT2D eigenvalue weighted by Gasteiger charge is 2.11. The minimum absolute atomic E-state index is 0.834. The van der Waals surface area contributed by atoms with Crippen molar-refractivity contribution in [2.75, 3.05) is 4.90 Å². The lowest BCUT2D eigenvalue weighted by atomic mass is 10.2. The summed E-state index contributed by atoms with van der Waals surface area (Å²) in [4.78, 5) is 2.24.